The second kappa shape index (κ2) is 4.10. The van der Waals surface area contributed by atoms with Crippen molar-refractivity contribution in [1.29, 1.82) is 0 Å². The molecule has 0 aliphatic rings. The van der Waals surface area contributed by atoms with Gasteiger partial charge in [0.1, 0.15) is 10.6 Å². The molecule has 0 saturated carbocycles. The summed E-state index contributed by atoms with van der Waals surface area (Å²) in [4.78, 5) is 0.158. The SMILES string of the molecule is CCCNS(=O)(=O)c1c(C)noc1C. The first kappa shape index (κ1) is 11.2. The fourth-order valence-corrected chi connectivity index (χ4v) is 2.63. The fourth-order valence-electron chi connectivity index (χ4n) is 1.17. The molecule has 6 heteroatoms. The Bertz CT molecular complexity index is 389. The monoisotopic (exact) mass is 218 g/mol. The normalized spacial score (nSPS) is 11.9. The van der Waals surface area contributed by atoms with Crippen molar-refractivity contribution in [2.24, 2.45) is 0 Å². The van der Waals surface area contributed by atoms with Crippen LogP contribution in [0.5, 0.6) is 0 Å². The minimum Gasteiger partial charge on any atom is -0.360 e. The van der Waals surface area contributed by atoms with Gasteiger partial charge < -0.3 is 4.52 Å². The highest BCUT2D eigenvalue weighted by Gasteiger charge is 2.23. The number of rotatable bonds is 4. The third-order valence-corrected chi connectivity index (χ3v) is 3.48. The Kier molecular flexibility index (Phi) is 3.28. The van der Waals surface area contributed by atoms with Crippen molar-refractivity contribution in [3.8, 4) is 0 Å². The molecule has 0 unspecified atom stereocenters. The second-order valence-electron chi connectivity index (χ2n) is 3.05. The van der Waals surface area contributed by atoms with Gasteiger partial charge in [-0.2, -0.15) is 0 Å². The van der Waals surface area contributed by atoms with E-state index in [1.54, 1.807) is 13.8 Å². The third-order valence-electron chi connectivity index (χ3n) is 1.78. The largest absolute Gasteiger partial charge is 0.360 e. The first-order valence-electron chi connectivity index (χ1n) is 4.41. The summed E-state index contributed by atoms with van der Waals surface area (Å²) in [5.74, 6) is 0.325. The van der Waals surface area contributed by atoms with Crippen LogP contribution in [0.25, 0.3) is 0 Å². The maximum absolute atomic E-state index is 11.7. The van der Waals surface area contributed by atoms with E-state index < -0.39 is 10.0 Å². The first-order chi connectivity index (χ1) is 6.49. The molecule has 0 amide bonds. The summed E-state index contributed by atoms with van der Waals surface area (Å²) >= 11 is 0. The summed E-state index contributed by atoms with van der Waals surface area (Å²) in [6.45, 7) is 5.51. The molecule has 0 atom stereocenters. The van der Waals surface area contributed by atoms with Gasteiger partial charge in [-0.25, -0.2) is 13.1 Å². The van der Waals surface area contributed by atoms with Gasteiger partial charge in [0, 0.05) is 6.54 Å². The van der Waals surface area contributed by atoms with E-state index >= 15 is 0 Å². The molecule has 0 bridgehead atoms. The fraction of sp³-hybridized carbons (Fsp3) is 0.625. The summed E-state index contributed by atoms with van der Waals surface area (Å²) in [5, 5.41) is 3.60. The lowest BCUT2D eigenvalue weighted by Gasteiger charge is -2.03. The van der Waals surface area contributed by atoms with Crippen molar-refractivity contribution in [2.45, 2.75) is 32.1 Å². The topological polar surface area (TPSA) is 72.2 Å². The van der Waals surface area contributed by atoms with Gasteiger partial charge in [-0.15, -0.1) is 0 Å². The van der Waals surface area contributed by atoms with E-state index in [4.69, 9.17) is 4.52 Å². The number of nitrogens with one attached hydrogen (secondary N) is 1. The number of aromatic nitrogens is 1. The minimum absolute atomic E-state index is 0.158. The van der Waals surface area contributed by atoms with Crippen LogP contribution in [0.3, 0.4) is 0 Å². The Morgan fingerprint density at radius 3 is 2.50 bits per heavy atom. The molecule has 1 rings (SSSR count). The Morgan fingerprint density at radius 2 is 2.07 bits per heavy atom. The molecule has 1 aromatic rings. The molecule has 0 saturated heterocycles. The lowest BCUT2D eigenvalue weighted by atomic mass is 10.4. The zero-order valence-corrected chi connectivity index (χ0v) is 9.31. The average Bonchev–Trinajstić information content (AvgIpc) is 2.43. The number of hydrogen-bond donors (Lipinski definition) is 1. The zero-order chi connectivity index (χ0) is 10.8. The van der Waals surface area contributed by atoms with Crippen LogP contribution in [0.4, 0.5) is 0 Å². The van der Waals surface area contributed by atoms with Crippen molar-refractivity contribution in [3.63, 3.8) is 0 Å². The molecular weight excluding hydrogens is 204 g/mol. The highest BCUT2D eigenvalue weighted by atomic mass is 32.2. The molecule has 14 heavy (non-hydrogen) atoms. The standard InChI is InChI=1S/C8H14N2O3S/c1-4-5-9-14(11,12)8-6(2)10-13-7(8)3/h9H,4-5H2,1-3H3. The quantitative estimate of drug-likeness (QED) is 0.817. The predicted octanol–water partition coefficient (Wildman–Crippen LogP) is 0.980. The van der Waals surface area contributed by atoms with Crippen LogP contribution in [0.2, 0.25) is 0 Å². The van der Waals surface area contributed by atoms with Crippen LogP contribution in [0.15, 0.2) is 9.42 Å². The molecule has 0 spiro atoms. The van der Waals surface area contributed by atoms with Crippen molar-refractivity contribution in [3.05, 3.63) is 11.5 Å². The van der Waals surface area contributed by atoms with Gasteiger partial charge in [0.05, 0.1) is 0 Å². The molecule has 0 aliphatic heterocycles. The van der Waals surface area contributed by atoms with Crippen LogP contribution in [0, 0.1) is 13.8 Å². The number of hydrogen-bond acceptors (Lipinski definition) is 4. The summed E-state index contributed by atoms with van der Waals surface area (Å²) in [6, 6.07) is 0. The molecule has 0 fully saturated rings. The Hall–Kier alpha value is -0.880. The summed E-state index contributed by atoms with van der Waals surface area (Å²) < 4.78 is 30.6. The Balaban J connectivity index is 3.04. The van der Waals surface area contributed by atoms with Crippen molar-refractivity contribution in [1.82, 2.24) is 9.88 Å². The second-order valence-corrected chi connectivity index (χ2v) is 4.75. The van der Waals surface area contributed by atoms with Gasteiger partial charge in [-0.05, 0) is 20.3 Å². The number of sulfonamides is 1. The van der Waals surface area contributed by atoms with Crippen LogP contribution in [-0.2, 0) is 10.0 Å². The molecule has 1 N–H and O–H groups in total. The number of nitrogens with zero attached hydrogens (tertiary/aromatic N) is 1. The van der Waals surface area contributed by atoms with E-state index in [1.165, 1.54) is 0 Å². The lowest BCUT2D eigenvalue weighted by molar-refractivity contribution is 0.390. The first-order valence-corrected chi connectivity index (χ1v) is 5.90. The Labute approximate surface area is 83.5 Å². The van der Waals surface area contributed by atoms with E-state index in [0.29, 0.717) is 18.0 Å². The maximum atomic E-state index is 11.7. The van der Waals surface area contributed by atoms with Crippen molar-refractivity contribution < 1.29 is 12.9 Å². The Morgan fingerprint density at radius 1 is 1.43 bits per heavy atom. The van der Waals surface area contributed by atoms with Crippen molar-refractivity contribution >= 4 is 10.0 Å². The van der Waals surface area contributed by atoms with Gasteiger partial charge in [0.25, 0.3) is 0 Å². The molecular formula is C8H14N2O3S. The third kappa shape index (κ3) is 2.13. The smallest absolute Gasteiger partial charge is 0.245 e. The van der Waals surface area contributed by atoms with E-state index in [0.717, 1.165) is 6.42 Å². The molecule has 0 aliphatic carbocycles. The highest BCUT2D eigenvalue weighted by Crippen LogP contribution is 2.18. The summed E-state index contributed by atoms with van der Waals surface area (Å²) in [6.07, 6.45) is 0.753. The predicted molar refractivity (Wildman–Crippen MR) is 51.5 cm³/mol. The summed E-state index contributed by atoms with van der Waals surface area (Å²) in [7, 11) is -3.45. The van der Waals surface area contributed by atoms with E-state index in [2.05, 4.69) is 9.88 Å². The van der Waals surface area contributed by atoms with Crippen LogP contribution >= 0.6 is 0 Å². The van der Waals surface area contributed by atoms with E-state index in [-0.39, 0.29) is 4.90 Å². The average molecular weight is 218 g/mol. The van der Waals surface area contributed by atoms with Crippen LogP contribution < -0.4 is 4.72 Å². The van der Waals surface area contributed by atoms with E-state index in [1.807, 2.05) is 6.92 Å². The molecule has 0 radical (unpaired) electrons. The molecule has 5 nitrogen and oxygen atoms in total. The van der Waals surface area contributed by atoms with Gasteiger partial charge in [-0.1, -0.05) is 12.1 Å². The van der Waals surface area contributed by atoms with Crippen LogP contribution in [-0.4, -0.2) is 20.1 Å². The molecule has 1 aromatic heterocycles. The molecule has 80 valence electrons. The summed E-state index contributed by atoms with van der Waals surface area (Å²) in [5.41, 5.74) is 0.395. The van der Waals surface area contributed by atoms with Gasteiger partial charge in [0.2, 0.25) is 10.0 Å². The minimum atomic E-state index is -3.45. The maximum Gasteiger partial charge on any atom is 0.245 e. The number of aryl methyl sites for hydroxylation is 2. The van der Waals surface area contributed by atoms with Gasteiger partial charge in [-0.3, -0.25) is 0 Å². The zero-order valence-electron chi connectivity index (χ0n) is 8.49. The van der Waals surface area contributed by atoms with E-state index in [9.17, 15) is 8.42 Å². The van der Waals surface area contributed by atoms with Gasteiger partial charge >= 0.3 is 0 Å². The van der Waals surface area contributed by atoms with Crippen molar-refractivity contribution in [2.75, 3.05) is 6.54 Å². The molecule has 0 aromatic carbocycles. The molecule has 1 heterocycles. The lowest BCUT2D eigenvalue weighted by Crippen LogP contribution is -2.25. The van der Waals surface area contributed by atoms with Crippen LogP contribution in [0.1, 0.15) is 24.8 Å². The van der Waals surface area contributed by atoms with Gasteiger partial charge in [0.15, 0.2) is 5.76 Å². The highest BCUT2D eigenvalue weighted by molar-refractivity contribution is 7.89.